The van der Waals surface area contributed by atoms with Crippen LogP contribution < -0.4 is 10.1 Å². The van der Waals surface area contributed by atoms with E-state index in [1.54, 1.807) is 18.3 Å². The van der Waals surface area contributed by atoms with E-state index in [-0.39, 0.29) is 11.8 Å². The van der Waals surface area contributed by atoms with Gasteiger partial charge in [-0.3, -0.25) is 10.1 Å². The smallest absolute Gasteiger partial charge is 0.262 e. The molecule has 0 unspecified atom stereocenters. The van der Waals surface area contributed by atoms with Gasteiger partial charge in [0.1, 0.15) is 11.3 Å². The summed E-state index contributed by atoms with van der Waals surface area (Å²) < 4.78 is 5.72. The number of para-hydroxylation sites is 1. The number of anilines is 1. The highest BCUT2D eigenvalue weighted by atomic mass is 32.1. The summed E-state index contributed by atoms with van der Waals surface area (Å²) in [5.41, 5.74) is 1.32. The van der Waals surface area contributed by atoms with E-state index in [0.717, 1.165) is 5.69 Å². The molecule has 0 saturated carbocycles. The second kappa shape index (κ2) is 7.23. The summed E-state index contributed by atoms with van der Waals surface area (Å²) in [6.07, 6.45) is 1.59. The SMILES string of the molecule is CC(C)c1csc(NC(=O)c2cccnc2Oc2ccccc2)n1. The number of hydrogen-bond donors (Lipinski definition) is 1. The van der Waals surface area contributed by atoms with E-state index in [9.17, 15) is 4.79 Å². The number of ether oxygens (including phenoxy) is 1. The van der Waals surface area contributed by atoms with Crippen molar-refractivity contribution in [1.82, 2.24) is 9.97 Å². The number of hydrogen-bond acceptors (Lipinski definition) is 5. The molecule has 3 rings (SSSR count). The monoisotopic (exact) mass is 339 g/mol. The molecule has 6 heteroatoms. The molecule has 0 fully saturated rings. The van der Waals surface area contributed by atoms with Crippen molar-refractivity contribution >= 4 is 22.4 Å². The molecular weight excluding hydrogens is 322 g/mol. The van der Waals surface area contributed by atoms with E-state index >= 15 is 0 Å². The van der Waals surface area contributed by atoms with Gasteiger partial charge < -0.3 is 4.74 Å². The number of nitrogens with one attached hydrogen (secondary N) is 1. The Bertz CT molecular complexity index is 831. The zero-order valence-electron chi connectivity index (χ0n) is 13.4. The second-order valence-electron chi connectivity index (χ2n) is 5.46. The number of carbonyl (C=O) groups is 1. The Labute approximate surface area is 144 Å². The standard InChI is InChI=1S/C18H17N3O2S/c1-12(2)15-11-24-18(20-15)21-16(22)14-9-6-10-19-17(14)23-13-7-4-3-5-8-13/h3-12H,1-2H3,(H,20,21,22). The number of nitrogens with zero attached hydrogens (tertiary/aromatic N) is 2. The van der Waals surface area contributed by atoms with Crippen molar-refractivity contribution in [3.63, 3.8) is 0 Å². The van der Waals surface area contributed by atoms with Crippen LogP contribution in [0.3, 0.4) is 0 Å². The fraction of sp³-hybridized carbons (Fsp3) is 0.167. The number of carbonyl (C=O) groups excluding carboxylic acids is 1. The van der Waals surface area contributed by atoms with E-state index < -0.39 is 0 Å². The summed E-state index contributed by atoms with van der Waals surface area (Å²) in [5, 5.41) is 5.33. The fourth-order valence-corrected chi connectivity index (χ4v) is 2.89. The Morgan fingerprint density at radius 1 is 1.17 bits per heavy atom. The minimum absolute atomic E-state index is 0.266. The molecule has 3 aromatic rings. The van der Waals surface area contributed by atoms with Gasteiger partial charge in [-0.25, -0.2) is 9.97 Å². The predicted molar refractivity (Wildman–Crippen MR) is 94.9 cm³/mol. The maximum absolute atomic E-state index is 12.5. The summed E-state index contributed by atoms with van der Waals surface area (Å²) in [7, 11) is 0. The molecule has 1 amide bonds. The molecular formula is C18H17N3O2S. The van der Waals surface area contributed by atoms with Gasteiger partial charge in [0.15, 0.2) is 5.13 Å². The Balaban J connectivity index is 1.79. The van der Waals surface area contributed by atoms with Crippen LogP contribution in [0.15, 0.2) is 54.0 Å². The summed E-state index contributed by atoms with van der Waals surface area (Å²) in [5.74, 6) is 0.921. The maximum Gasteiger partial charge on any atom is 0.262 e. The molecule has 0 atom stereocenters. The molecule has 5 nitrogen and oxygen atoms in total. The highest BCUT2D eigenvalue weighted by molar-refractivity contribution is 7.14. The van der Waals surface area contributed by atoms with E-state index in [2.05, 4.69) is 29.1 Å². The quantitative estimate of drug-likeness (QED) is 0.731. The lowest BCUT2D eigenvalue weighted by Crippen LogP contribution is -2.13. The third kappa shape index (κ3) is 3.78. The first-order chi connectivity index (χ1) is 11.6. The molecule has 0 aliphatic carbocycles. The first-order valence-electron chi connectivity index (χ1n) is 7.58. The second-order valence-corrected chi connectivity index (χ2v) is 6.32. The summed E-state index contributed by atoms with van der Waals surface area (Å²) in [6, 6.07) is 12.6. The number of benzene rings is 1. The van der Waals surface area contributed by atoms with Gasteiger partial charge in [0, 0.05) is 11.6 Å². The van der Waals surface area contributed by atoms with Crippen molar-refractivity contribution in [1.29, 1.82) is 0 Å². The number of pyridine rings is 1. The normalized spacial score (nSPS) is 10.6. The average Bonchev–Trinajstić information content (AvgIpc) is 3.05. The minimum Gasteiger partial charge on any atom is -0.438 e. The molecule has 0 saturated heterocycles. The number of thiazole rings is 1. The van der Waals surface area contributed by atoms with Gasteiger partial charge in [0.2, 0.25) is 5.88 Å². The van der Waals surface area contributed by atoms with Crippen LogP contribution in [0.1, 0.15) is 35.8 Å². The molecule has 1 aromatic carbocycles. The van der Waals surface area contributed by atoms with Crippen LogP contribution in [0.4, 0.5) is 5.13 Å². The summed E-state index contributed by atoms with van der Waals surface area (Å²) in [4.78, 5) is 21.1. The zero-order chi connectivity index (χ0) is 16.9. The number of aromatic nitrogens is 2. The molecule has 0 radical (unpaired) electrons. The Hall–Kier alpha value is -2.73. The van der Waals surface area contributed by atoms with Crippen LogP contribution in [0.5, 0.6) is 11.6 Å². The van der Waals surface area contributed by atoms with Crippen LogP contribution in [-0.4, -0.2) is 15.9 Å². The van der Waals surface area contributed by atoms with Gasteiger partial charge in [-0.15, -0.1) is 11.3 Å². The first kappa shape index (κ1) is 16.1. The van der Waals surface area contributed by atoms with Crippen LogP contribution in [0.2, 0.25) is 0 Å². The summed E-state index contributed by atoms with van der Waals surface area (Å²) >= 11 is 1.41. The van der Waals surface area contributed by atoms with Crippen molar-refractivity contribution < 1.29 is 9.53 Å². The maximum atomic E-state index is 12.5. The zero-order valence-corrected chi connectivity index (χ0v) is 14.2. The lowest BCUT2D eigenvalue weighted by Gasteiger charge is -2.09. The molecule has 1 N–H and O–H groups in total. The van der Waals surface area contributed by atoms with Gasteiger partial charge in [0.25, 0.3) is 5.91 Å². The minimum atomic E-state index is -0.293. The highest BCUT2D eigenvalue weighted by Crippen LogP contribution is 2.25. The highest BCUT2D eigenvalue weighted by Gasteiger charge is 2.16. The topological polar surface area (TPSA) is 64.1 Å². The van der Waals surface area contributed by atoms with Crippen LogP contribution in [-0.2, 0) is 0 Å². The van der Waals surface area contributed by atoms with Crippen LogP contribution in [0, 0.1) is 0 Å². The molecule has 0 aliphatic heterocycles. The lowest BCUT2D eigenvalue weighted by atomic mass is 10.2. The molecule has 0 aliphatic rings. The van der Waals surface area contributed by atoms with Crippen molar-refractivity contribution in [2.75, 3.05) is 5.32 Å². The van der Waals surface area contributed by atoms with Crippen molar-refractivity contribution in [3.8, 4) is 11.6 Å². The number of rotatable bonds is 5. The third-order valence-electron chi connectivity index (χ3n) is 3.31. The van der Waals surface area contributed by atoms with Crippen molar-refractivity contribution in [3.05, 3.63) is 65.3 Å². The van der Waals surface area contributed by atoms with E-state index in [1.165, 1.54) is 11.3 Å². The molecule has 2 heterocycles. The van der Waals surface area contributed by atoms with E-state index in [1.807, 2.05) is 35.7 Å². The Morgan fingerprint density at radius 2 is 1.96 bits per heavy atom. The van der Waals surface area contributed by atoms with Gasteiger partial charge >= 0.3 is 0 Å². The third-order valence-corrected chi connectivity index (χ3v) is 4.08. The summed E-state index contributed by atoms with van der Waals surface area (Å²) in [6.45, 7) is 4.13. The Morgan fingerprint density at radius 3 is 2.67 bits per heavy atom. The predicted octanol–water partition coefficient (Wildman–Crippen LogP) is 4.71. The Kier molecular flexibility index (Phi) is 4.86. The van der Waals surface area contributed by atoms with Crippen molar-refractivity contribution in [2.24, 2.45) is 0 Å². The van der Waals surface area contributed by atoms with Gasteiger partial charge in [-0.1, -0.05) is 32.0 Å². The largest absolute Gasteiger partial charge is 0.438 e. The first-order valence-corrected chi connectivity index (χ1v) is 8.46. The molecule has 2 aromatic heterocycles. The number of amides is 1. The average molecular weight is 339 g/mol. The van der Waals surface area contributed by atoms with Gasteiger partial charge in [-0.2, -0.15) is 0 Å². The molecule has 0 bridgehead atoms. The van der Waals surface area contributed by atoms with Crippen LogP contribution in [0.25, 0.3) is 0 Å². The van der Waals surface area contributed by atoms with Gasteiger partial charge in [-0.05, 0) is 30.2 Å². The molecule has 24 heavy (non-hydrogen) atoms. The van der Waals surface area contributed by atoms with Crippen molar-refractivity contribution in [2.45, 2.75) is 19.8 Å². The molecule has 122 valence electrons. The fourth-order valence-electron chi connectivity index (χ4n) is 2.02. The lowest BCUT2D eigenvalue weighted by molar-refractivity contribution is 0.102. The van der Waals surface area contributed by atoms with E-state index in [4.69, 9.17) is 4.74 Å². The molecule has 0 spiro atoms. The van der Waals surface area contributed by atoms with E-state index in [0.29, 0.717) is 22.4 Å². The van der Waals surface area contributed by atoms with Crippen LogP contribution >= 0.6 is 11.3 Å². The van der Waals surface area contributed by atoms with Gasteiger partial charge in [0.05, 0.1) is 5.69 Å².